The number of nitrogens with zero attached hydrogens (tertiary/aromatic N) is 3. The van der Waals surface area contributed by atoms with Crippen LogP contribution in [0.25, 0.3) is 0 Å². The van der Waals surface area contributed by atoms with Crippen molar-refractivity contribution in [3.8, 4) is 0 Å². The molecule has 0 bridgehead atoms. The zero-order valence-electron chi connectivity index (χ0n) is 17.1. The Morgan fingerprint density at radius 3 is 2.50 bits per heavy atom. The summed E-state index contributed by atoms with van der Waals surface area (Å²) in [6, 6.07) is 1.07. The number of aromatic nitrogens is 3. The second kappa shape index (κ2) is 9.76. The molecule has 0 unspecified atom stereocenters. The number of rotatable bonds is 7. The van der Waals surface area contributed by atoms with Gasteiger partial charge in [0.05, 0.1) is 11.9 Å². The molecule has 1 aliphatic carbocycles. The maximum atomic E-state index is 12.2. The number of carbonyl (C=O) groups is 3. The first-order chi connectivity index (χ1) is 15.3. The van der Waals surface area contributed by atoms with Crippen molar-refractivity contribution in [1.82, 2.24) is 15.0 Å². The second-order valence-corrected chi connectivity index (χ2v) is 7.39. The van der Waals surface area contributed by atoms with Crippen molar-refractivity contribution in [2.75, 3.05) is 27.0 Å². The van der Waals surface area contributed by atoms with E-state index >= 15 is 0 Å². The van der Waals surface area contributed by atoms with Gasteiger partial charge in [-0.15, -0.1) is 0 Å². The van der Waals surface area contributed by atoms with E-state index in [-0.39, 0.29) is 34.9 Å². The molecule has 1 fully saturated rings. The quantitative estimate of drug-likeness (QED) is 0.335. The van der Waals surface area contributed by atoms with E-state index < -0.39 is 23.6 Å². The number of nitrogens with two attached hydrogens (primary N) is 2. The second-order valence-electron chi connectivity index (χ2n) is 7.39. The Morgan fingerprint density at radius 2 is 1.94 bits per heavy atom. The number of aromatic amines is 1. The Balaban J connectivity index is 1.71. The van der Waals surface area contributed by atoms with Crippen LogP contribution in [0.1, 0.15) is 32.1 Å². The van der Waals surface area contributed by atoms with Gasteiger partial charge in [-0.05, 0) is 30.9 Å². The number of hydrogen-bond acceptors (Lipinski definition) is 8. The summed E-state index contributed by atoms with van der Waals surface area (Å²) in [4.78, 5) is 58.8. The van der Waals surface area contributed by atoms with E-state index in [1.54, 1.807) is 0 Å². The van der Waals surface area contributed by atoms with Gasteiger partial charge in [0.1, 0.15) is 11.9 Å². The zero-order chi connectivity index (χ0) is 23.3. The van der Waals surface area contributed by atoms with Crippen LogP contribution >= 0.6 is 0 Å². The van der Waals surface area contributed by atoms with Crippen LogP contribution in [-0.4, -0.2) is 44.5 Å². The molecular weight excluding hydrogens is 420 g/mol. The third-order valence-corrected chi connectivity index (χ3v) is 5.24. The van der Waals surface area contributed by atoms with Crippen LogP contribution in [0.5, 0.6) is 0 Å². The third-order valence-electron chi connectivity index (χ3n) is 5.24. The molecule has 8 N–H and O–H groups in total. The summed E-state index contributed by atoms with van der Waals surface area (Å²) in [7, 11) is 0. The minimum atomic E-state index is -1.09. The fourth-order valence-electron chi connectivity index (χ4n) is 3.78. The van der Waals surface area contributed by atoms with Gasteiger partial charge < -0.3 is 21.9 Å². The van der Waals surface area contributed by atoms with Crippen LogP contribution < -0.4 is 32.6 Å². The molecule has 13 heteroatoms. The molecule has 1 saturated carbocycles. The average molecular weight is 444 g/mol. The van der Waals surface area contributed by atoms with E-state index in [0.29, 0.717) is 6.41 Å². The number of nitrogens with one attached hydrogen (secondary N) is 3. The summed E-state index contributed by atoms with van der Waals surface area (Å²) in [5, 5.41) is 14.4. The smallest absolute Gasteiger partial charge is 0.327 e. The molecule has 3 rings (SSSR count). The fraction of sp³-hybridized carbons (Fsp3) is 0.368. The summed E-state index contributed by atoms with van der Waals surface area (Å²) < 4.78 is 0. The van der Waals surface area contributed by atoms with Gasteiger partial charge in [-0.2, -0.15) is 4.98 Å². The number of pyridine rings is 1. The highest BCUT2D eigenvalue weighted by molar-refractivity contribution is 6.01. The number of aliphatic carboxylic acids is 1. The van der Waals surface area contributed by atoms with Gasteiger partial charge >= 0.3 is 12.0 Å². The Hall–Kier alpha value is -4.16. The third kappa shape index (κ3) is 5.11. The number of carboxylic acid groups (broad SMARTS) is 1. The Labute approximate surface area is 182 Å². The monoisotopic (exact) mass is 444 g/mol. The number of nitrogen functional groups attached to an aromatic ring is 2. The SMILES string of the molecule is Nc1nc(N)c(NC(=O)Nc2ccc(N(C=O)[C@H](C(=O)O)C3CCCCC3)nc2)c(=O)[nH]1. The lowest BCUT2D eigenvalue weighted by Gasteiger charge is -2.33. The molecule has 0 aromatic carbocycles. The lowest BCUT2D eigenvalue weighted by atomic mass is 9.83. The molecule has 0 aliphatic heterocycles. The minimum absolute atomic E-state index is 0.146. The Bertz CT molecular complexity index is 1050. The number of urea groups is 1. The lowest BCUT2D eigenvalue weighted by Crippen LogP contribution is -2.46. The van der Waals surface area contributed by atoms with E-state index in [1.165, 1.54) is 18.3 Å². The molecule has 2 heterocycles. The summed E-state index contributed by atoms with van der Waals surface area (Å²) >= 11 is 0. The summed E-state index contributed by atoms with van der Waals surface area (Å²) in [6.07, 6.45) is 6.06. The summed E-state index contributed by atoms with van der Waals surface area (Å²) in [5.74, 6) is -1.54. The van der Waals surface area contributed by atoms with E-state index in [4.69, 9.17) is 11.5 Å². The number of H-pyrrole nitrogens is 1. The van der Waals surface area contributed by atoms with Crippen molar-refractivity contribution in [3.05, 3.63) is 28.7 Å². The van der Waals surface area contributed by atoms with Crippen molar-refractivity contribution in [2.45, 2.75) is 38.1 Å². The molecule has 32 heavy (non-hydrogen) atoms. The van der Waals surface area contributed by atoms with Gasteiger partial charge in [0, 0.05) is 0 Å². The highest BCUT2D eigenvalue weighted by Gasteiger charge is 2.35. The molecule has 3 amide bonds. The molecule has 170 valence electrons. The molecule has 1 atom stereocenters. The number of hydrogen-bond donors (Lipinski definition) is 6. The number of anilines is 5. The van der Waals surface area contributed by atoms with Gasteiger partial charge in [0.25, 0.3) is 5.56 Å². The van der Waals surface area contributed by atoms with Crippen LogP contribution in [0.4, 0.5) is 33.8 Å². The highest BCUT2D eigenvalue weighted by atomic mass is 16.4. The van der Waals surface area contributed by atoms with E-state index in [9.17, 15) is 24.3 Å². The number of carbonyl (C=O) groups excluding carboxylic acids is 2. The molecule has 13 nitrogen and oxygen atoms in total. The van der Waals surface area contributed by atoms with Gasteiger partial charge in [-0.25, -0.2) is 14.6 Å². The van der Waals surface area contributed by atoms with E-state index in [1.807, 2.05) is 0 Å². The van der Waals surface area contributed by atoms with Crippen LogP contribution in [0.2, 0.25) is 0 Å². The van der Waals surface area contributed by atoms with E-state index in [2.05, 4.69) is 25.6 Å². The van der Waals surface area contributed by atoms with Crippen LogP contribution in [0, 0.1) is 5.92 Å². The van der Waals surface area contributed by atoms with Crippen molar-refractivity contribution in [3.63, 3.8) is 0 Å². The first-order valence-electron chi connectivity index (χ1n) is 9.96. The maximum Gasteiger partial charge on any atom is 0.327 e. The summed E-state index contributed by atoms with van der Waals surface area (Å²) in [6.45, 7) is 0. The van der Waals surface area contributed by atoms with Crippen molar-refractivity contribution < 1.29 is 19.5 Å². The van der Waals surface area contributed by atoms with Gasteiger partial charge in [0.15, 0.2) is 11.5 Å². The largest absolute Gasteiger partial charge is 0.480 e. The predicted molar refractivity (Wildman–Crippen MR) is 117 cm³/mol. The molecular formula is C19H24N8O5. The first-order valence-corrected chi connectivity index (χ1v) is 9.96. The molecule has 2 aromatic rings. The first kappa shape index (κ1) is 22.5. The van der Waals surface area contributed by atoms with Gasteiger partial charge in [0.2, 0.25) is 12.4 Å². The molecule has 2 aromatic heterocycles. The molecule has 0 radical (unpaired) electrons. The van der Waals surface area contributed by atoms with Crippen molar-refractivity contribution >= 4 is 47.4 Å². The molecule has 0 spiro atoms. The fourth-order valence-corrected chi connectivity index (χ4v) is 3.78. The Morgan fingerprint density at radius 1 is 1.22 bits per heavy atom. The lowest BCUT2D eigenvalue weighted by molar-refractivity contribution is -0.141. The van der Waals surface area contributed by atoms with E-state index in [0.717, 1.165) is 37.0 Å². The molecule has 1 aliphatic rings. The number of carboxylic acids is 1. The Kier molecular flexibility index (Phi) is 6.87. The molecule has 0 saturated heterocycles. The van der Waals surface area contributed by atoms with Gasteiger partial charge in [-0.3, -0.25) is 24.8 Å². The van der Waals surface area contributed by atoms with Gasteiger partial charge in [-0.1, -0.05) is 19.3 Å². The number of amides is 3. The van der Waals surface area contributed by atoms with Crippen LogP contribution in [0.15, 0.2) is 23.1 Å². The van der Waals surface area contributed by atoms with Crippen LogP contribution in [0.3, 0.4) is 0 Å². The highest BCUT2D eigenvalue weighted by Crippen LogP contribution is 2.30. The predicted octanol–water partition coefficient (Wildman–Crippen LogP) is 0.970. The minimum Gasteiger partial charge on any atom is -0.480 e. The van der Waals surface area contributed by atoms with Crippen molar-refractivity contribution in [2.24, 2.45) is 5.92 Å². The average Bonchev–Trinajstić information content (AvgIpc) is 2.75. The normalized spacial score (nSPS) is 14.9. The summed E-state index contributed by atoms with van der Waals surface area (Å²) in [5.41, 5.74) is 10.2. The standard InChI is InChI=1S/C19H24N8O5/c20-15-13(16(29)26-18(21)25-15)24-19(32)23-11-6-7-12(22-8-11)27(9-28)14(17(30)31)10-4-2-1-3-5-10/h6-10,14H,1-5H2,(H,30,31)(H2,23,24,32)(H5,20,21,25,26,29)/t14-/m0/s1. The van der Waals surface area contributed by atoms with Crippen molar-refractivity contribution in [1.29, 1.82) is 0 Å². The zero-order valence-corrected chi connectivity index (χ0v) is 17.1. The maximum absolute atomic E-state index is 12.2. The van der Waals surface area contributed by atoms with Crippen LogP contribution in [-0.2, 0) is 9.59 Å². The topological polar surface area (TPSA) is 209 Å².